The minimum atomic E-state index is 0.273. The molecule has 0 saturated heterocycles. The van der Waals surface area contributed by atoms with E-state index in [2.05, 4.69) is 145 Å². The summed E-state index contributed by atoms with van der Waals surface area (Å²) in [5.41, 5.74) is 11.2. The van der Waals surface area contributed by atoms with Crippen molar-refractivity contribution < 1.29 is 4.74 Å². The molecule has 0 aliphatic carbocycles. The van der Waals surface area contributed by atoms with E-state index in [-0.39, 0.29) is 5.41 Å². The zero-order valence-electron chi connectivity index (χ0n) is 30.7. The van der Waals surface area contributed by atoms with Crippen LogP contribution in [0.2, 0.25) is 0 Å². The predicted molar refractivity (Wildman–Crippen MR) is 208 cm³/mol. The van der Waals surface area contributed by atoms with Gasteiger partial charge in [0.1, 0.15) is 17.3 Å². The van der Waals surface area contributed by atoms with Gasteiger partial charge in [-0.2, -0.15) is 5.10 Å². The fourth-order valence-corrected chi connectivity index (χ4v) is 7.02. The van der Waals surface area contributed by atoms with E-state index in [1.807, 2.05) is 29.2 Å². The molecule has 7 rings (SSSR count). The summed E-state index contributed by atoms with van der Waals surface area (Å²) in [7, 11) is 0. The van der Waals surface area contributed by atoms with Crippen LogP contribution in [0.1, 0.15) is 89.0 Å². The van der Waals surface area contributed by atoms with Crippen molar-refractivity contribution >= 4 is 21.8 Å². The van der Waals surface area contributed by atoms with Crippen LogP contribution in [0.5, 0.6) is 11.5 Å². The second-order valence-corrected chi connectivity index (χ2v) is 15.5. The van der Waals surface area contributed by atoms with Gasteiger partial charge in [-0.3, -0.25) is 4.57 Å². The summed E-state index contributed by atoms with van der Waals surface area (Å²) in [6, 6.07) is 32.1. The van der Waals surface area contributed by atoms with E-state index in [4.69, 9.17) is 14.8 Å². The number of rotatable bonds is 9. The van der Waals surface area contributed by atoms with Crippen LogP contribution in [-0.2, 0) is 6.42 Å². The van der Waals surface area contributed by atoms with Crippen molar-refractivity contribution in [1.82, 2.24) is 19.3 Å². The van der Waals surface area contributed by atoms with Crippen molar-refractivity contribution in [3.05, 3.63) is 132 Å². The number of aromatic nitrogens is 4. The van der Waals surface area contributed by atoms with Gasteiger partial charge in [0, 0.05) is 40.9 Å². The molecule has 7 aromatic rings. The normalized spacial score (nSPS) is 12.1. The maximum Gasteiger partial charge on any atom is 0.137 e. The van der Waals surface area contributed by atoms with Gasteiger partial charge in [0.25, 0.3) is 0 Å². The highest BCUT2D eigenvalue weighted by Crippen LogP contribution is 2.38. The lowest BCUT2D eigenvalue weighted by Gasteiger charge is -2.20. The molecule has 4 aromatic carbocycles. The van der Waals surface area contributed by atoms with Crippen LogP contribution >= 0.6 is 0 Å². The first-order chi connectivity index (χ1) is 23.9. The molecule has 0 radical (unpaired) electrons. The van der Waals surface area contributed by atoms with Gasteiger partial charge in [-0.1, -0.05) is 90.4 Å². The van der Waals surface area contributed by atoms with Crippen molar-refractivity contribution in [3.63, 3.8) is 0 Å². The molecule has 0 N–H and O–H groups in total. The van der Waals surface area contributed by atoms with E-state index in [0.717, 1.165) is 52.4 Å². The number of para-hydroxylation sites is 1. The third-order valence-corrected chi connectivity index (χ3v) is 9.62. The third kappa shape index (κ3) is 6.69. The van der Waals surface area contributed by atoms with Crippen molar-refractivity contribution in [2.75, 3.05) is 0 Å². The van der Waals surface area contributed by atoms with Crippen LogP contribution < -0.4 is 4.74 Å². The van der Waals surface area contributed by atoms with Gasteiger partial charge in [-0.15, -0.1) is 0 Å². The Labute approximate surface area is 296 Å². The molecule has 0 aliphatic rings. The Bertz CT molecular complexity index is 2290. The summed E-state index contributed by atoms with van der Waals surface area (Å²) in [5, 5.41) is 7.20. The lowest BCUT2D eigenvalue weighted by atomic mass is 9.84. The molecule has 50 heavy (non-hydrogen) atoms. The predicted octanol–water partition coefficient (Wildman–Crippen LogP) is 12.4. The number of pyridine rings is 1. The SMILES string of the molecule is Cc1cc(C(C)C)c(-c2cnn(-c3cccc(Oc4ccc5c6ccccc6n(-c6cc(CCC(C)(C)C)ccn6)c5c4)c3)c2)c(C(C)C)c1. The average molecular weight is 661 g/mol. The number of aryl methyl sites for hydroxylation is 2. The average Bonchev–Trinajstić information content (AvgIpc) is 3.70. The fraction of sp³-hybridized carbons (Fsp3) is 0.289. The molecule has 254 valence electrons. The summed E-state index contributed by atoms with van der Waals surface area (Å²) in [6.45, 7) is 18.2. The second-order valence-electron chi connectivity index (χ2n) is 15.5. The number of benzene rings is 4. The number of ether oxygens (including phenoxy) is 1. The molecular formula is C45H48N4O. The van der Waals surface area contributed by atoms with Gasteiger partial charge in [0.05, 0.1) is 22.9 Å². The Morgan fingerprint density at radius 3 is 2.20 bits per heavy atom. The molecule has 0 bridgehead atoms. The molecule has 0 spiro atoms. The molecule has 0 atom stereocenters. The van der Waals surface area contributed by atoms with Crippen molar-refractivity contribution in [1.29, 1.82) is 0 Å². The zero-order chi connectivity index (χ0) is 35.2. The highest BCUT2D eigenvalue weighted by Gasteiger charge is 2.19. The molecule has 3 aromatic heterocycles. The smallest absolute Gasteiger partial charge is 0.137 e. The standard InChI is InChI=1S/C45H48N4O/c1-29(2)39-22-31(5)23-40(30(3)4)44(39)33-27-47-48(28-33)34-12-11-13-35(25-34)50-36-16-17-38-37-14-9-10-15-41(37)49(42(38)26-36)43-24-32(19-21-46-43)18-20-45(6,7)8/h9-17,19,21-30H,18,20H2,1-8H3. The zero-order valence-corrected chi connectivity index (χ0v) is 30.7. The highest BCUT2D eigenvalue weighted by molar-refractivity contribution is 6.09. The Morgan fingerprint density at radius 1 is 0.740 bits per heavy atom. The van der Waals surface area contributed by atoms with Crippen LogP contribution in [0.15, 0.2) is 110 Å². The van der Waals surface area contributed by atoms with Crippen molar-refractivity contribution in [2.24, 2.45) is 5.41 Å². The summed E-state index contributed by atoms with van der Waals surface area (Å²) < 4.78 is 10.8. The van der Waals surface area contributed by atoms with E-state index in [1.165, 1.54) is 38.6 Å². The van der Waals surface area contributed by atoms with E-state index in [9.17, 15) is 0 Å². The van der Waals surface area contributed by atoms with Gasteiger partial charge >= 0.3 is 0 Å². The Balaban J connectivity index is 1.23. The molecule has 0 fully saturated rings. The number of hydrogen-bond donors (Lipinski definition) is 0. The number of hydrogen-bond acceptors (Lipinski definition) is 3. The minimum absolute atomic E-state index is 0.273. The number of fused-ring (bicyclic) bond motifs is 3. The molecule has 3 heterocycles. The minimum Gasteiger partial charge on any atom is -0.457 e. The number of nitrogens with zero attached hydrogens (tertiary/aromatic N) is 4. The first kappa shape index (κ1) is 33.3. The molecular weight excluding hydrogens is 613 g/mol. The Kier molecular flexibility index (Phi) is 8.86. The van der Waals surface area contributed by atoms with Crippen LogP contribution in [0, 0.1) is 12.3 Å². The molecule has 0 aliphatic heterocycles. The van der Waals surface area contributed by atoms with Crippen molar-refractivity contribution in [2.45, 2.75) is 80.1 Å². The van der Waals surface area contributed by atoms with Crippen LogP contribution in [-0.4, -0.2) is 19.3 Å². The van der Waals surface area contributed by atoms with Crippen LogP contribution in [0.25, 0.3) is 44.4 Å². The lowest BCUT2D eigenvalue weighted by Crippen LogP contribution is -2.07. The van der Waals surface area contributed by atoms with Gasteiger partial charge < -0.3 is 4.74 Å². The maximum atomic E-state index is 6.57. The van der Waals surface area contributed by atoms with Gasteiger partial charge in [-0.05, 0) is 102 Å². The maximum absolute atomic E-state index is 6.57. The van der Waals surface area contributed by atoms with Gasteiger partial charge in [0.15, 0.2) is 0 Å². The van der Waals surface area contributed by atoms with E-state index >= 15 is 0 Å². The Hall–Kier alpha value is -5.16. The highest BCUT2D eigenvalue weighted by atomic mass is 16.5. The van der Waals surface area contributed by atoms with E-state index < -0.39 is 0 Å². The molecule has 0 unspecified atom stereocenters. The largest absolute Gasteiger partial charge is 0.457 e. The van der Waals surface area contributed by atoms with Gasteiger partial charge in [0.2, 0.25) is 0 Å². The first-order valence-corrected chi connectivity index (χ1v) is 17.9. The van der Waals surface area contributed by atoms with Crippen LogP contribution in [0.4, 0.5) is 0 Å². The quantitative estimate of drug-likeness (QED) is 0.155. The Morgan fingerprint density at radius 2 is 1.46 bits per heavy atom. The summed E-state index contributed by atoms with van der Waals surface area (Å²) >= 11 is 0. The van der Waals surface area contributed by atoms with E-state index in [1.54, 1.807) is 0 Å². The second kappa shape index (κ2) is 13.3. The molecule has 0 amide bonds. The third-order valence-electron chi connectivity index (χ3n) is 9.62. The molecule has 5 nitrogen and oxygen atoms in total. The van der Waals surface area contributed by atoms with Gasteiger partial charge in [-0.25, -0.2) is 9.67 Å². The van der Waals surface area contributed by atoms with E-state index in [0.29, 0.717) is 11.8 Å². The topological polar surface area (TPSA) is 44.9 Å². The summed E-state index contributed by atoms with van der Waals surface area (Å²) in [5.74, 6) is 3.26. The van der Waals surface area contributed by atoms with Crippen molar-refractivity contribution in [3.8, 4) is 34.1 Å². The first-order valence-electron chi connectivity index (χ1n) is 17.9. The summed E-state index contributed by atoms with van der Waals surface area (Å²) in [6.07, 6.45) is 8.21. The molecule has 5 heteroatoms. The lowest BCUT2D eigenvalue weighted by molar-refractivity contribution is 0.378. The molecule has 0 saturated carbocycles. The fourth-order valence-electron chi connectivity index (χ4n) is 7.02. The van der Waals surface area contributed by atoms with Crippen LogP contribution in [0.3, 0.4) is 0 Å². The summed E-state index contributed by atoms with van der Waals surface area (Å²) in [4.78, 5) is 4.86. The monoisotopic (exact) mass is 660 g/mol.